The lowest BCUT2D eigenvalue weighted by molar-refractivity contribution is -0.137. The molecule has 0 aromatic heterocycles. The monoisotopic (exact) mass is 406 g/mol. The predicted molar refractivity (Wildman–Crippen MR) is 110 cm³/mol. The lowest BCUT2D eigenvalue weighted by Gasteiger charge is -2.24. The van der Waals surface area contributed by atoms with Crippen molar-refractivity contribution < 1.29 is 23.4 Å². The highest BCUT2D eigenvalue weighted by Crippen LogP contribution is 2.40. The number of aliphatic carboxylic acids is 1. The molecule has 0 radical (unpaired) electrons. The molecule has 1 aromatic rings. The molecule has 3 nitrogen and oxygen atoms in total. The zero-order valence-electron chi connectivity index (χ0n) is 17.3. The summed E-state index contributed by atoms with van der Waals surface area (Å²) in [5.74, 6) is -2.86. The maximum atomic E-state index is 14.5. The van der Waals surface area contributed by atoms with E-state index in [9.17, 15) is 13.6 Å². The average Bonchev–Trinajstić information content (AvgIpc) is 3.20. The summed E-state index contributed by atoms with van der Waals surface area (Å²) in [6.45, 7) is 1.91. The second-order valence-corrected chi connectivity index (χ2v) is 8.38. The molecule has 160 valence electrons. The van der Waals surface area contributed by atoms with Gasteiger partial charge in [-0.2, -0.15) is 0 Å². The minimum absolute atomic E-state index is 0.0948. The van der Waals surface area contributed by atoms with Crippen molar-refractivity contribution in [3.8, 4) is 5.75 Å². The molecule has 0 amide bonds. The predicted octanol–water partition coefficient (Wildman–Crippen LogP) is 6.65. The minimum Gasteiger partial charge on any atom is -0.489 e. The van der Waals surface area contributed by atoms with Crippen LogP contribution in [0.3, 0.4) is 0 Å². The second kappa shape index (κ2) is 9.73. The molecule has 1 N–H and O–H groups in total. The summed E-state index contributed by atoms with van der Waals surface area (Å²) in [6, 6.07) is 4.71. The van der Waals surface area contributed by atoms with E-state index in [-0.39, 0.29) is 24.8 Å². The fraction of sp³-hybridized carbons (Fsp3) is 0.625. The Balaban J connectivity index is 1.75. The first-order valence-electron chi connectivity index (χ1n) is 11.0. The van der Waals surface area contributed by atoms with E-state index < -0.39 is 11.9 Å². The van der Waals surface area contributed by atoms with Crippen LogP contribution in [0.15, 0.2) is 29.3 Å². The number of hydrogen-bond acceptors (Lipinski definition) is 2. The Bertz CT molecular complexity index is 748. The number of ether oxygens (including phenoxy) is 1. The van der Waals surface area contributed by atoms with Crippen LogP contribution in [-0.4, -0.2) is 17.7 Å². The number of rotatable bonds is 9. The van der Waals surface area contributed by atoms with Gasteiger partial charge in [0.1, 0.15) is 12.4 Å². The van der Waals surface area contributed by atoms with E-state index in [2.05, 4.69) is 0 Å². The molecule has 29 heavy (non-hydrogen) atoms. The van der Waals surface area contributed by atoms with Crippen molar-refractivity contribution in [3.05, 3.63) is 40.5 Å². The Morgan fingerprint density at radius 1 is 1.17 bits per heavy atom. The van der Waals surface area contributed by atoms with Crippen LogP contribution >= 0.6 is 0 Å². The number of allylic oxidation sites excluding steroid dienone is 1. The van der Waals surface area contributed by atoms with Crippen LogP contribution < -0.4 is 4.74 Å². The van der Waals surface area contributed by atoms with Gasteiger partial charge in [-0.15, -0.1) is 0 Å². The zero-order valence-corrected chi connectivity index (χ0v) is 17.3. The molecule has 0 spiro atoms. The van der Waals surface area contributed by atoms with Gasteiger partial charge in [0, 0.05) is 18.4 Å². The summed E-state index contributed by atoms with van der Waals surface area (Å²) in [6.07, 6.45) is 9.43. The maximum absolute atomic E-state index is 14.5. The van der Waals surface area contributed by atoms with Crippen LogP contribution in [0.25, 0.3) is 0 Å². The van der Waals surface area contributed by atoms with E-state index >= 15 is 0 Å². The van der Waals surface area contributed by atoms with E-state index in [0.717, 1.165) is 19.3 Å². The summed E-state index contributed by atoms with van der Waals surface area (Å²) in [7, 11) is 0. The highest BCUT2D eigenvalue weighted by atomic mass is 19.3. The molecule has 1 saturated carbocycles. The lowest BCUT2D eigenvalue weighted by atomic mass is 9.82. The molecule has 5 heteroatoms. The highest BCUT2D eigenvalue weighted by Gasteiger charge is 2.32. The van der Waals surface area contributed by atoms with Gasteiger partial charge in [-0.1, -0.05) is 37.8 Å². The molecular weight excluding hydrogens is 374 g/mol. The summed E-state index contributed by atoms with van der Waals surface area (Å²) in [5.41, 5.74) is 3.19. The molecule has 2 aliphatic carbocycles. The van der Waals surface area contributed by atoms with E-state index in [0.29, 0.717) is 23.8 Å². The SMILES string of the molecule is CCC(F)(F)c1cc(OCC2=C(C3CCCCC3)CCC2)ccc1CCC(=O)O. The maximum Gasteiger partial charge on any atom is 0.303 e. The van der Waals surface area contributed by atoms with Gasteiger partial charge in [0.05, 0.1) is 0 Å². The lowest BCUT2D eigenvalue weighted by Crippen LogP contribution is -2.16. The minimum atomic E-state index is -2.99. The Morgan fingerprint density at radius 3 is 2.62 bits per heavy atom. The molecule has 2 aliphatic rings. The molecule has 0 heterocycles. The van der Waals surface area contributed by atoms with Gasteiger partial charge in [-0.25, -0.2) is 8.78 Å². The summed E-state index contributed by atoms with van der Waals surface area (Å²) >= 11 is 0. The molecule has 0 unspecified atom stereocenters. The quantitative estimate of drug-likeness (QED) is 0.467. The van der Waals surface area contributed by atoms with E-state index in [1.807, 2.05) is 0 Å². The normalized spacial score (nSPS) is 18.3. The van der Waals surface area contributed by atoms with Crippen LogP contribution in [0.4, 0.5) is 8.78 Å². The van der Waals surface area contributed by atoms with Gasteiger partial charge in [0.15, 0.2) is 0 Å². The van der Waals surface area contributed by atoms with Gasteiger partial charge in [0.25, 0.3) is 5.92 Å². The van der Waals surface area contributed by atoms with Crippen LogP contribution in [0.5, 0.6) is 5.75 Å². The third kappa shape index (κ3) is 5.58. The molecule has 1 aromatic carbocycles. The number of benzene rings is 1. The second-order valence-electron chi connectivity index (χ2n) is 8.38. The molecule has 0 bridgehead atoms. The van der Waals surface area contributed by atoms with Gasteiger partial charge >= 0.3 is 5.97 Å². The van der Waals surface area contributed by atoms with Gasteiger partial charge in [-0.3, -0.25) is 4.79 Å². The third-order valence-corrected chi connectivity index (χ3v) is 6.42. The van der Waals surface area contributed by atoms with Gasteiger partial charge < -0.3 is 9.84 Å². The number of halogens is 2. The first-order chi connectivity index (χ1) is 13.9. The fourth-order valence-corrected chi connectivity index (χ4v) is 4.74. The molecule has 0 atom stereocenters. The van der Waals surface area contributed by atoms with Crippen molar-refractivity contribution in [2.45, 2.75) is 83.5 Å². The molecule has 3 rings (SSSR count). The fourth-order valence-electron chi connectivity index (χ4n) is 4.74. The van der Waals surface area contributed by atoms with Crippen molar-refractivity contribution in [2.75, 3.05) is 6.61 Å². The number of alkyl halides is 2. The molecule has 0 aliphatic heterocycles. The number of carboxylic acids is 1. The standard InChI is InChI=1S/C24H32F2O3/c1-2-24(25,26)22-15-20(13-11-18(22)12-14-23(27)28)29-16-19-9-6-10-21(19)17-7-4-3-5-8-17/h11,13,15,17H,2-10,12,14,16H2,1H3,(H,27,28). The molecular formula is C24H32F2O3. The summed E-state index contributed by atoms with van der Waals surface area (Å²) in [4.78, 5) is 10.9. The van der Waals surface area contributed by atoms with Crippen molar-refractivity contribution in [1.82, 2.24) is 0 Å². The largest absolute Gasteiger partial charge is 0.489 e. The molecule has 1 fully saturated rings. The van der Waals surface area contributed by atoms with Crippen molar-refractivity contribution in [1.29, 1.82) is 0 Å². The van der Waals surface area contributed by atoms with Crippen LogP contribution in [0.1, 0.15) is 82.3 Å². The van der Waals surface area contributed by atoms with Crippen LogP contribution in [0.2, 0.25) is 0 Å². The Kier molecular flexibility index (Phi) is 7.31. The van der Waals surface area contributed by atoms with Crippen molar-refractivity contribution in [2.24, 2.45) is 5.92 Å². The Labute approximate surface area is 172 Å². The zero-order chi connectivity index (χ0) is 20.9. The number of aryl methyl sites for hydroxylation is 1. The topological polar surface area (TPSA) is 46.5 Å². The van der Waals surface area contributed by atoms with E-state index in [1.165, 1.54) is 50.7 Å². The number of hydrogen-bond donors (Lipinski definition) is 1. The first-order valence-corrected chi connectivity index (χ1v) is 11.0. The van der Waals surface area contributed by atoms with E-state index in [1.54, 1.807) is 17.7 Å². The van der Waals surface area contributed by atoms with Crippen molar-refractivity contribution in [3.63, 3.8) is 0 Å². The smallest absolute Gasteiger partial charge is 0.303 e. The average molecular weight is 407 g/mol. The molecule has 0 saturated heterocycles. The van der Waals surface area contributed by atoms with Gasteiger partial charge in [0.2, 0.25) is 0 Å². The van der Waals surface area contributed by atoms with Crippen LogP contribution in [0, 0.1) is 5.92 Å². The number of carbonyl (C=O) groups is 1. The number of carboxylic acid groups (broad SMARTS) is 1. The first kappa shape index (κ1) is 21.8. The van der Waals surface area contributed by atoms with E-state index in [4.69, 9.17) is 9.84 Å². The highest BCUT2D eigenvalue weighted by molar-refractivity contribution is 5.67. The summed E-state index contributed by atoms with van der Waals surface area (Å²) < 4.78 is 34.9. The van der Waals surface area contributed by atoms with Crippen LogP contribution in [-0.2, 0) is 17.1 Å². The third-order valence-electron chi connectivity index (χ3n) is 6.42. The van der Waals surface area contributed by atoms with Crippen molar-refractivity contribution >= 4 is 5.97 Å². The Morgan fingerprint density at radius 2 is 1.93 bits per heavy atom. The Hall–Kier alpha value is -1.91. The van der Waals surface area contributed by atoms with Gasteiger partial charge in [-0.05, 0) is 67.7 Å². The summed E-state index contributed by atoms with van der Waals surface area (Å²) in [5, 5.41) is 8.90.